The van der Waals surface area contributed by atoms with Crippen LogP contribution >= 0.6 is 11.6 Å². The number of pyridine rings is 1. The summed E-state index contributed by atoms with van der Waals surface area (Å²) >= 11 is 6.37. The third-order valence-corrected chi connectivity index (χ3v) is 4.44. The third-order valence-electron chi connectivity index (χ3n) is 4.16. The van der Waals surface area contributed by atoms with E-state index in [1.807, 2.05) is 4.90 Å². The van der Waals surface area contributed by atoms with Gasteiger partial charge in [0, 0.05) is 40.5 Å². The van der Waals surface area contributed by atoms with Crippen LogP contribution in [0.3, 0.4) is 0 Å². The van der Waals surface area contributed by atoms with Gasteiger partial charge in [-0.3, -0.25) is 4.79 Å². The molecule has 0 bridgehead atoms. The summed E-state index contributed by atoms with van der Waals surface area (Å²) in [4.78, 5) is 19.9. The summed E-state index contributed by atoms with van der Waals surface area (Å²) in [5, 5.41) is 11.1. The first-order chi connectivity index (χ1) is 11.5. The summed E-state index contributed by atoms with van der Waals surface area (Å²) in [7, 11) is 5.06. The number of anilines is 1. The molecule has 1 fully saturated rings. The Morgan fingerprint density at radius 2 is 2.21 bits per heavy atom. The Bertz CT molecular complexity index is 721. The zero-order valence-corrected chi connectivity index (χ0v) is 14.5. The van der Waals surface area contributed by atoms with Crippen molar-refractivity contribution in [3.8, 4) is 0 Å². The van der Waals surface area contributed by atoms with E-state index < -0.39 is 0 Å². The van der Waals surface area contributed by atoms with Gasteiger partial charge in [-0.05, 0) is 6.07 Å². The molecule has 1 aliphatic heterocycles. The van der Waals surface area contributed by atoms with Gasteiger partial charge < -0.3 is 14.5 Å². The lowest BCUT2D eigenvalue weighted by molar-refractivity contribution is 0.0827. The number of nitrogens with one attached hydrogen (secondary N) is 1. The summed E-state index contributed by atoms with van der Waals surface area (Å²) < 4.78 is 5.58. The summed E-state index contributed by atoms with van der Waals surface area (Å²) in [6, 6.07) is 1.65. The second kappa shape index (κ2) is 6.74. The van der Waals surface area contributed by atoms with Crippen LogP contribution in [0, 0.1) is 0 Å². The van der Waals surface area contributed by atoms with Crippen molar-refractivity contribution in [2.45, 2.75) is 12.0 Å². The average molecular weight is 351 g/mol. The highest BCUT2D eigenvalue weighted by Crippen LogP contribution is 2.34. The summed E-state index contributed by atoms with van der Waals surface area (Å²) in [6.45, 7) is 1.31. The lowest BCUT2D eigenvalue weighted by Crippen LogP contribution is -2.25. The highest BCUT2D eigenvalue weighted by Gasteiger charge is 2.37. The van der Waals surface area contributed by atoms with Gasteiger partial charge in [-0.25, -0.2) is 4.98 Å². The quantitative estimate of drug-likeness (QED) is 0.890. The molecule has 1 amide bonds. The van der Waals surface area contributed by atoms with Gasteiger partial charge in [-0.1, -0.05) is 11.6 Å². The second-order valence-corrected chi connectivity index (χ2v) is 6.32. The van der Waals surface area contributed by atoms with Gasteiger partial charge in [0.1, 0.15) is 5.82 Å². The Hall–Kier alpha value is -2.19. The van der Waals surface area contributed by atoms with Crippen molar-refractivity contribution in [1.29, 1.82) is 0 Å². The molecule has 9 heteroatoms. The van der Waals surface area contributed by atoms with Crippen LogP contribution in [0.1, 0.15) is 22.0 Å². The maximum atomic E-state index is 12.0. The van der Waals surface area contributed by atoms with E-state index in [9.17, 15) is 4.79 Å². The van der Waals surface area contributed by atoms with Crippen LogP contribution in [-0.2, 0) is 4.74 Å². The maximum Gasteiger partial charge on any atom is 0.254 e. The van der Waals surface area contributed by atoms with Crippen LogP contribution < -0.4 is 4.90 Å². The lowest BCUT2D eigenvalue weighted by atomic mass is 10.0. The van der Waals surface area contributed by atoms with Crippen molar-refractivity contribution < 1.29 is 9.53 Å². The fraction of sp³-hybridized carbons (Fsp3) is 0.467. The van der Waals surface area contributed by atoms with Crippen molar-refractivity contribution in [1.82, 2.24) is 25.3 Å². The molecule has 24 heavy (non-hydrogen) atoms. The van der Waals surface area contributed by atoms with Crippen LogP contribution in [0.25, 0.3) is 0 Å². The highest BCUT2D eigenvalue weighted by molar-refractivity contribution is 6.33. The molecule has 0 spiro atoms. The Balaban J connectivity index is 1.83. The number of rotatable bonds is 4. The van der Waals surface area contributed by atoms with Gasteiger partial charge in [0.15, 0.2) is 0 Å². The zero-order chi connectivity index (χ0) is 17.3. The van der Waals surface area contributed by atoms with Gasteiger partial charge in [-0.15, -0.1) is 0 Å². The predicted octanol–water partition coefficient (Wildman–Crippen LogP) is 1.17. The normalized spacial score (nSPS) is 20.4. The molecule has 1 N–H and O–H groups in total. The van der Waals surface area contributed by atoms with E-state index in [1.54, 1.807) is 39.7 Å². The fourth-order valence-corrected chi connectivity index (χ4v) is 3.18. The van der Waals surface area contributed by atoms with E-state index in [4.69, 9.17) is 16.3 Å². The monoisotopic (exact) mass is 350 g/mol. The van der Waals surface area contributed by atoms with E-state index in [0.29, 0.717) is 29.5 Å². The SMILES string of the molecule is CO[C@@H]1CN(c2ncc(C(=O)N(C)C)cc2Cl)C[C@H]1c1cn[nH]n1. The van der Waals surface area contributed by atoms with E-state index in [0.717, 1.165) is 5.69 Å². The number of H-pyrrole nitrogens is 1. The Kier molecular flexibility index (Phi) is 4.68. The van der Waals surface area contributed by atoms with Crippen LogP contribution in [0.5, 0.6) is 0 Å². The number of aromatic amines is 1. The number of carbonyl (C=O) groups is 1. The molecule has 0 radical (unpaired) electrons. The first-order valence-electron chi connectivity index (χ1n) is 7.52. The molecule has 0 aromatic carbocycles. The predicted molar refractivity (Wildman–Crippen MR) is 89.4 cm³/mol. The van der Waals surface area contributed by atoms with Crippen molar-refractivity contribution in [3.05, 3.63) is 34.7 Å². The number of methoxy groups -OCH3 is 1. The molecule has 3 heterocycles. The van der Waals surface area contributed by atoms with Crippen LogP contribution in [0.4, 0.5) is 5.82 Å². The molecule has 3 rings (SSSR count). The molecule has 1 aliphatic rings. The minimum absolute atomic E-state index is 0.0314. The smallest absolute Gasteiger partial charge is 0.254 e. The lowest BCUT2D eigenvalue weighted by Gasteiger charge is -2.19. The van der Waals surface area contributed by atoms with Gasteiger partial charge >= 0.3 is 0 Å². The van der Waals surface area contributed by atoms with E-state index in [-0.39, 0.29) is 17.9 Å². The first-order valence-corrected chi connectivity index (χ1v) is 7.89. The molecular weight excluding hydrogens is 332 g/mol. The fourth-order valence-electron chi connectivity index (χ4n) is 2.90. The van der Waals surface area contributed by atoms with E-state index in [1.165, 1.54) is 4.90 Å². The number of hydrogen-bond donors (Lipinski definition) is 1. The second-order valence-electron chi connectivity index (χ2n) is 5.91. The topological polar surface area (TPSA) is 87.2 Å². The maximum absolute atomic E-state index is 12.0. The minimum Gasteiger partial charge on any atom is -0.379 e. The Labute approximate surface area is 144 Å². The summed E-state index contributed by atoms with van der Waals surface area (Å²) in [6.07, 6.45) is 3.22. The van der Waals surface area contributed by atoms with E-state index in [2.05, 4.69) is 20.4 Å². The molecule has 2 atom stereocenters. The molecule has 128 valence electrons. The van der Waals surface area contributed by atoms with Gasteiger partial charge in [0.2, 0.25) is 0 Å². The molecule has 0 saturated carbocycles. The zero-order valence-electron chi connectivity index (χ0n) is 13.7. The van der Waals surface area contributed by atoms with Crippen LogP contribution in [0.2, 0.25) is 5.02 Å². The highest BCUT2D eigenvalue weighted by atomic mass is 35.5. The van der Waals surface area contributed by atoms with Gasteiger partial charge in [0.05, 0.1) is 34.5 Å². The van der Waals surface area contributed by atoms with Crippen molar-refractivity contribution >= 4 is 23.3 Å². The Morgan fingerprint density at radius 1 is 1.42 bits per heavy atom. The number of ether oxygens (including phenoxy) is 1. The van der Waals surface area contributed by atoms with Crippen LogP contribution in [-0.4, -0.2) is 71.6 Å². The number of hydrogen-bond acceptors (Lipinski definition) is 6. The van der Waals surface area contributed by atoms with Gasteiger partial charge in [-0.2, -0.15) is 15.4 Å². The number of carbonyl (C=O) groups excluding carboxylic acids is 1. The summed E-state index contributed by atoms with van der Waals surface area (Å²) in [5.74, 6) is 0.585. The molecule has 2 aromatic rings. The van der Waals surface area contributed by atoms with Crippen molar-refractivity contribution in [2.24, 2.45) is 0 Å². The number of halogens is 1. The number of nitrogens with zero attached hydrogens (tertiary/aromatic N) is 5. The van der Waals surface area contributed by atoms with Crippen molar-refractivity contribution in [2.75, 3.05) is 39.2 Å². The van der Waals surface area contributed by atoms with Crippen LogP contribution in [0.15, 0.2) is 18.5 Å². The average Bonchev–Trinajstić information content (AvgIpc) is 3.22. The molecule has 1 saturated heterocycles. The van der Waals surface area contributed by atoms with Gasteiger partial charge in [0.25, 0.3) is 5.91 Å². The number of amides is 1. The molecule has 0 unspecified atom stereocenters. The Morgan fingerprint density at radius 3 is 2.79 bits per heavy atom. The number of aromatic nitrogens is 4. The van der Waals surface area contributed by atoms with Crippen molar-refractivity contribution in [3.63, 3.8) is 0 Å². The summed E-state index contributed by atoms with van der Waals surface area (Å²) in [5.41, 5.74) is 1.31. The molecular formula is C15H19ClN6O2. The first kappa shape index (κ1) is 16.7. The largest absolute Gasteiger partial charge is 0.379 e. The molecule has 2 aromatic heterocycles. The molecule has 0 aliphatic carbocycles. The third kappa shape index (κ3) is 3.07. The standard InChI is InChI=1S/C15H19ClN6O2/c1-21(2)15(23)9-4-11(16)14(17-5-9)22-7-10(13(8-22)24-3)12-6-18-20-19-12/h4-6,10,13H,7-8H2,1-3H3,(H,18,19,20)/t10-,13+/m0/s1. The molecule has 8 nitrogen and oxygen atoms in total. The van der Waals surface area contributed by atoms with E-state index >= 15 is 0 Å². The minimum atomic E-state index is -0.132.